The van der Waals surface area contributed by atoms with Crippen molar-refractivity contribution in [2.75, 3.05) is 11.4 Å². The molecule has 0 spiro atoms. The summed E-state index contributed by atoms with van der Waals surface area (Å²) in [4.78, 5) is 12.8. The minimum Gasteiger partial charge on any atom is -0.312 e. The van der Waals surface area contributed by atoms with Crippen molar-refractivity contribution >= 4 is 34.2 Å². The maximum Gasteiger partial charge on any atom is 0.227 e. The molecular formula is C10H8F2INO. The van der Waals surface area contributed by atoms with Crippen LogP contribution in [0.25, 0.3) is 0 Å². The number of hydrogen-bond acceptors (Lipinski definition) is 1. The van der Waals surface area contributed by atoms with E-state index in [4.69, 9.17) is 0 Å². The van der Waals surface area contributed by atoms with Gasteiger partial charge in [0.15, 0.2) is 0 Å². The number of benzene rings is 1. The Bertz CT molecular complexity index is 399. The first-order valence-electron chi connectivity index (χ1n) is 4.54. The SMILES string of the molecule is O=C1CCCN1c1cc(F)c(I)c(F)c1. The van der Waals surface area contributed by atoms with Gasteiger partial charge in [0.2, 0.25) is 5.91 Å². The Morgan fingerprint density at radius 3 is 2.33 bits per heavy atom. The van der Waals surface area contributed by atoms with Crippen LogP contribution in [0.4, 0.5) is 14.5 Å². The zero-order valence-corrected chi connectivity index (χ0v) is 9.92. The van der Waals surface area contributed by atoms with Crippen LogP contribution in [0, 0.1) is 15.2 Å². The molecule has 0 radical (unpaired) electrons. The summed E-state index contributed by atoms with van der Waals surface area (Å²) in [6.45, 7) is 0.540. The first-order chi connectivity index (χ1) is 7.09. The molecule has 5 heteroatoms. The van der Waals surface area contributed by atoms with Gasteiger partial charge in [-0.3, -0.25) is 4.79 Å². The average Bonchev–Trinajstić information content (AvgIpc) is 2.60. The van der Waals surface area contributed by atoms with Crippen LogP contribution in [-0.4, -0.2) is 12.5 Å². The van der Waals surface area contributed by atoms with Crippen molar-refractivity contribution in [1.29, 1.82) is 0 Å². The highest BCUT2D eigenvalue weighted by Crippen LogP contribution is 2.26. The molecule has 0 aromatic heterocycles. The van der Waals surface area contributed by atoms with Crippen LogP contribution in [0.3, 0.4) is 0 Å². The normalized spacial score (nSPS) is 16.2. The lowest BCUT2D eigenvalue weighted by Crippen LogP contribution is -2.24. The molecule has 1 aliphatic rings. The van der Waals surface area contributed by atoms with Crippen LogP contribution in [0.2, 0.25) is 0 Å². The molecule has 0 unspecified atom stereocenters. The third-order valence-electron chi connectivity index (χ3n) is 2.35. The lowest BCUT2D eigenvalue weighted by atomic mass is 10.3. The molecule has 1 aromatic carbocycles. The van der Waals surface area contributed by atoms with Gasteiger partial charge in [0.1, 0.15) is 11.6 Å². The molecular weight excluding hydrogens is 315 g/mol. The van der Waals surface area contributed by atoms with Crippen LogP contribution < -0.4 is 4.90 Å². The van der Waals surface area contributed by atoms with Crippen LogP contribution in [-0.2, 0) is 4.79 Å². The standard InChI is InChI=1S/C10H8F2INO/c11-7-4-6(5-8(12)10(7)13)14-3-1-2-9(14)15/h4-5H,1-3H2. The lowest BCUT2D eigenvalue weighted by molar-refractivity contribution is -0.117. The van der Waals surface area contributed by atoms with E-state index in [1.54, 1.807) is 22.6 Å². The zero-order valence-electron chi connectivity index (χ0n) is 7.77. The number of carbonyl (C=O) groups excluding carboxylic acids is 1. The summed E-state index contributed by atoms with van der Waals surface area (Å²) < 4.78 is 26.4. The van der Waals surface area contributed by atoms with Gasteiger partial charge in [0, 0.05) is 18.7 Å². The van der Waals surface area contributed by atoms with E-state index >= 15 is 0 Å². The summed E-state index contributed by atoms with van der Waals surface area (Å²) in [5.41, 5.74) is 0.313. The van der Waals surface area contributed by atoms with Gasteiger partial charge < -0.3 is 4.90 Å². The molecule has 1 heterocycles. The molecule has 2 nitrogen and oxygen atoms in total. The van der Waals surface area contributed by atoms with Crippen molar-refractivity contribution in [3.63, 3.8) is 0 Å². The molecule has 15 heavy (non-hydrogen) atoms. The van der Waals surface area contributed by atoms with Gasteiger partial charge in [-0.15, -0.1) is 0 Å². The number of carbonyl (C=O) groups is 1. The van der Waals surface area contributed by atoms with Crippen molar-refractivity contribution in [2.45, 2.75) is 12.8 Å². The first kappa shape index (κ1) is 10.8. The third-order valence-corrected chi connectivity index (χ3v) is 3.38. The van der Waals surface area contributed by atoms with Crippen molar-refractivity contribution in [3.05, 3.63) is 27.3 Å². The first-order valence-corrected chi connectivity index (χ1v) is 5.62. The van der Waals surface area contributed by atoms with E-state index in [1.807, 2.05) is 0 Å². The second-order valence-electron chi connectivity index (χ2n) is 3.37. The second-order valence-corrected chi connectivity index (χ2v) is 4.45. The summed E-state index contributed by atoms with van der Waals surface area (Å²) in [5.74, 6) is -1.31. The van der Waals surface area contributed by atoms with E-state index in [0.717, 1.165) is 6.42 Å². The quantitative estimate of drug-likeness (QED) is 0.575. The molecule has 2 rings (SSSR count). The number of nitrogens with zero attached hydrogens (tertiary/aromatic N) is 1. The average molecular weight is 323 g/mol. The second kappa shape index (κ2) is 4.03. The molecule has 1 amide bonds. The Hall–Kier alpha value is -0.720. The van der Waals surface area contributed by atoms with E-state index in [1.165, 1.54) is 17.0 Å². The van der Waals surface area contributed by atoms with Gasteiger partial charge in [0.25, 0.3) is 0 Å². The fourth-order valence-electron chi connectivity index (χ4n) is 1.62. The maximum absolute atomic E-state index is 13.2. The summed E-state index contributed by atoms with van der Waals surface area (Å²) >= 11 is 1.60. The summed E-state index contributed by atoms with van der Waals surface area (Å²) in [6, 6.07) is 2.40. The predicted molar refractivity (Wildman–Crippen MR) is 60.7 cm³/mol. The topological polar surface area (TPSA) is 20.3 Å². The Kier molecular flexibility index (Phi) is 2.90. The molecule has 0 saturated carbocycles. The van der Waals surface area contributed by atoms with Crippen molar-refractivity contribution in [2.24, 2.45) is 0 Å². The van der Waals surface area contributed by atoms with E-state index in [2.05, 4.69) is 0 Å². The number of halogens is 3. The van der Waals surface area contributed by atoms with Crippen molar-refractivity contribution < 1.29 is 13.6 Å². The molecule has 0 atom stereocenters. The van der Waals surface area contributed by atoms with E-state index in [9.17, 15) is 13.6 Å². The van der Waals surface area contributed by atoms with Gasteiger partial charge in [-0.2, -0.15) is 0 Å². The van der Waals surface area contributed by atoms with Gasteiger partial charge in [0.05, 0.1) is 3.57 Å². The summed E-state index contributed by atoms with van der Waals surface area (Å²) in [7, 11) is 0. The van der Waals surface area contributed by atoms with Crippen LogP contribution in [0.15, 0.2) is 12.1 Å². The van der Waals surface area contributed by atoms with Gasteiger partial charge in [-0.25, -0.2) is 8.78 Å². The monoisotopic (exact) mass is 323 g/mol. The van der Waals surface area contributed by atoms with E-state index < -0.39 is 11.6 Å². The molecule has 80 valence electrons. The molecule has 0 aliphatic carbocycles. The van der Waals surface area contributed by atoms with E-state index in [-0.39, 0.29) is 9.48 Å². The van der Waals surface area contributed by atoms with Crippen molar-refractivity contribution in [3.8, 4) is 0 Å². The fraction of sp³-hybridized carbons (Fsp3) is 0.300. The largest absolute Gasteiger partial charge is 0.312 e. The van der Waals surface area contributed by atoms with Crippen LogP contribution >= 0.6 is 22.6 Å². The highest BCUT2D eigenvalue weighted by molar-refractivity contribution is 14.1. The van der Waals surface area contributed by atoms with Crippen LogP contribution in [0.1, 0.15) is 12.8 Å². The molecule has 1 aliphatic heterocycles. The number of rotatable bonds is 1. The Morgan fingerprint density at radius 1 is 1.27 bits per heavy atom. The third kappa shape index (κ3) is 1.97. The van der Waals surface area contributed by atoms with Gasteiger partial charge >= 0.3 is 0 Å². The predicted octanol–water partition coefficient (Wildman–Crippen LogP) is 2.70. The number of amides is 1. The smallest absolute Gasteiger partial charge is 0.227 e. The van der Waals surface area contributed by atoms with Crippen molar-refractivity contribution in [1.82, 2.24) is 0 Å². The minimum absolute atomic E-state index is 0.0389. The van der Waals surface area contributed by atoms with E-state index in [0.29, 0.717) is 18.7 Å². The Morgan fingerprint density at radius 2 is 1.87 bits per heavy atom. The minimum atomic E-state index is -0.620. The highest BCUT2D eigenvalue weighted by Gasteiger charge is 2.23. The molecule has 1 saturated heterocycles. The maximum atomic E-state index is 13.2. The lowest BCUT2D eigenvalue weighted by Gasteiger charge is -2.16. The number of hydrogen-bond donors (Lipinski definition) is 0. The molecule has 0 bridgehead atoms. The highest BCUT2D eigenvalue weighted by atomic mass is 127. The Labute approximate surface area is 99.4 Å². The van der Waals surface area contributed by atoms with Gasteiger partial charge in [-0.1, -0.05) is 0 Å². The van der Waals surface area contributed by atoms with Crippen LogP contribution in [0.5, 0.6) is 0 Å². The molecule has 1 aromatic rings. The Balaban J connectivity index is 2.41. The zero-order chi connectivity index (χ0) is 11.0. The summed E-state index contributed by atoms with van der Waals surface area (Å²) in [6.07, 6.45) is 1.20. The summed E-state index contributed by atoms with van der Waals surface area (Å²) in [5, 5.41) is 0. The van der Waals surface area contributed by atoms with Gasteiger partial charge in [-0.05, 0) is 41.1 Å². The fourth-order valence-corrected chi connectivity index (χ4v) is 1.93. The number of anilines is 1. The molecule has 0 N–H and O–H groups in total. The molecule has 1 fully saturated rings.